The zero-order valence-electron chi connectivity index (χ0n) is 64.0. The Morgan fingerprint density at radius 3 is 1.61 bits per heavy atom. The van der Waals surface area contributed by atoms with Crippen LogP contribution in [0.3, 0.4) is 0 Å². The summed E-state index contributed by atoms with van der Waals surface area (Å²) in [4.78, 5) is 202. The number of carboxylic acids is 1. The Bertz CT molecular complexity index is 4180. The van der Waals surface area contributed by atoms with Gasteiger partial charge in [0.2, 0.25) is 76.8 Å². The predicted molar refractivity (Wildman–Crippen MR) is 428 cm³/mol. The summed E-state index contributed by atoms with van der Waals surface area (Å²) in [5.74, 6) is -14.9. The number of nitrogens with one attached hydrogen (secondary N) is 15. The second-order valence-electron chi connectivity index (χ2n) is 28.3. The summed E-state index contributed by atoms with van der Waals surface area (Å²) >= 11 is 8.71. The summed E-state index contributed by atoms with van der Waals surface area (Å²) in [6.45, 7) is 5.37. The summed E-state index contributed by atoms with van der Waals surface area (Å²) in [7, 11) is 0. The number of aliphatic hydroxyl groups is 1. The van der Waals surface area contributed by atoms with E-state index in [0.717, 1.165) is 0 Å². The summed E-state index contributed by atoms with van der Waals surface area (Å²) in [6, 6.07) is 2.89. The van der Waals surface area contributed by atoms with Crippen molar-refractivity contribution >= 4 is 136 Å². The van der Waals surface area contributed by atoms with E-state index in [-0.39, 0.29) is 108 Å². The predicted octanol–water partition coefficient (Wildman–Crippen LogP) is -3.04. The standard InChI is InChI=1S/C75H108N20O17S2/c1-5-40(4)62(94-68(105)55(36-96)90-69(106)56(37-113)91-67(104)53(31-42-33-82-48-16-8-6-14-45(42)48)88-65(102)52(30-41-21-23-44(97)24-22-41)87-63(100)47(77)25-26-59(78)98)72(109)89-54(32-43-34-83-49-17-9-7-15-46(43)49)66(103)86-50(18-10-11-27-76)64(101)93-61(39(2)3)71(108)92-57(38-114)73(110)95-29-13-20-58(95)70(107)84-35-60(99)85-51(74(111)112)19-12-28-81-75(79)80/h6-9,14-17,21-24,33-34,39-40,47,50-58,61-62,82-83,96-97,113-114H,5,10-13,18-20,25-32,35-38,76-77H2,1-4H3,(H2,78,98)(H,84,107)(H,85,99)(H,86,103)(H,87,100)(H,88,102)(H,89,109)(H,90,106)(H,91,104)(H,92,108)(H,93,101)(H,94,105)(H,111,112)(H4,79,80,81)/t40-,47-,50-,51-,52-,53-,54-,55-,56-,57-,58-,61-,62-/m0/s1. The molecule has 0 aliphatic carbocycles. The molecule has 0 unspecified atom stereocenters. The molecule has 3 aromatic carbocycles. The first kappa shape index (κ1) is 91.8. The van der Waals surface area contributed by atoms with E-state index in [9.17, 15) is 77.6 Å². The summed E-state index contributed by atoms with van der Waals surface area (Å²) in [6.07, 6.45) is 3.93. The SMILES string of the molecule is CC[C@H](C)[C@H](NC(=O)[C@H](CO)NC(=O)[C@H](CS)NC(=O)[C@H](Cc1c[nH]c2ccccc12)NC(=O)[C@H](Cc1ccc(O)cc1)NC(=O)[C@@H](N)CCC(N)=O)C(=O)N[C@@H](Cc1c[nH]c2ccccc12)C(=O)N[C@@H](CCCCN)C(=O)N[C@H](C(=O)N[C@@H](CS)C(=O)N1CCC[C@H]1C(=O)NCC(=O)N[C@@H](CCCNC(=N)N)C(=O)O)C(C)C. The van der Waals surface area contributed by atoms with Crippen LogP contribution in [-0.4, -0.2) is 236 Å². The maximum absolute atomic E-state index is 15.0. The molecular weight excluding hydrogens is 1520 g/mol. The Kier molecular flexibility index (Phi) is 36.7. The van der Waals surface area contributed by atoms with Gasteiger partial charge < -0.3 is 117 Å². The molecule has 1 fully saturated rings. The van der Waals surface area contributed by atoms with Crippen LogP contribution in [0, 0.1) is 17.2 Å². The number of aliphatic hydroxyl groups excluding tert-OH is 1. The van der Waals surface area contributed by atoms with Gasteiger partial charge in [-0.2, -0.15) is 25.3 Å². The lowest BCUT2D eigenvalue weighted by molar-refractivity contribution is -0.142. The van der Waals surface area contributed by atoms with Crippen LogP contribution in [-0.2, 0) is 86.4 Å². The molecule has 0 radical (unpaired) electrons. The van der Waals surface area contributed by atoms with Gasteiger partial charge in [-0.3, -0.25) is 67.7 Å². The number of nitrogens with two attached hydrogens (primary N) is 4. The topological polar surface area (TPSA) is 607 Å². The first-order valence-corrected chi connectivity index (χ1v) is 38.9. The number of benzene rings is 3. The zero-order valence-corrected chi connectivity index (χ0v) is 65.8. The number of amides is 13. The largest absolute Gasteiger partial charge is 0.508 e. The number of hydrogen-bond donors (Lipinski definition) is 24. The van der Waals surface area contributed by atoms with Crippen LogP contribution < -0.4 is 86.7 Å². The maximum atomic E-state index is 15.0. The van der Waals surface area contributed by atoms with Gasteiger partial charge in [-0.05, 0) is 111 Å². The van der Waals surface area contributed by atoms with E-state index in [1.807, 2.05) is 0 Å². The van der Waals surface area contributed by atoms with Crippen LogP contribution in [0.5, 0.6) is 5.75 Å². The number of unbranched alkanes of at least 4 members (excludes halogenated alkanes) is 1. The van der Waals surface area contributed by atoms with Gasteiger partial charge in [0.15, 0.2) is 5.96 Å². The van der Waals surface area contributed by atoms with Gasteiger partial charge in [0.25, 0.3) is 0 Å². The number of carbonyl (C=O) groups is 14. The normalized spacial score (nSPS) is 15.8. The highest BCUT2D eigenvalue weighted by atomic mass is 32.1. The van der Waals surface area contributed by atoms with Crippen molar-refractivity contribution in [2.45, 2.75) is 184 Å². The first-order valence-electron chi connectivity index (χ1n) is 37.7. The van der Waals surface area contributed by atoms with Gasteiger partial charge in [-0.1, -0.05) is 82.6 Å². The molecule has 26 N–H and O–H groups in total. The highest BCUT2D eigenvalue weighted by Gasteiger charge is 2.41. The first-order chi connectivity index (χ1) is 54.3. The molecule has 114 heavy (non-hydrogen) atoms. The molecular formula is C75H108N20O17S2. The van der Waals surface area contributed by atoms with Crippen molar-refractivity contribution in [1.29, 1.82) is 5.41 Å². The number of aromatic amines is 2. The number of aromatic nitrogens is 2. The number of carboxylic acid groups (broad SMARTS) is 1. The minimum atomic E-state index is -1.80. The Hall–Kier alpha value is -11.0. The molecule has 2 aromatic heterocycles. The van der Waals surface area contributed by atoms with Gasteiger partial charge in [-0.25, -0.2) is 4.79 Å². The molecule has 1 aliphatic rings. The van der Waals surface area contributed by atoms with E-state index in [1.54, 1.807) is 88.6 Å². The van der Waals surface area contributed by atoms with E-state index >= 15 is 4.79 Å². The third kappa shape index (κ3) is 27.7. The smallest absolute Gasteiger partial charge is 0.326 e. The average Bonchev–Trinajstić information content (AvgIpc) is 1.67. The van der Waals surface area contributed by atoms with Crippen LogP contribution in [0.2, 0.25) is 0 Å². The van der Waals surface area contributed by atoms with Crippen molar-refractivity contribution in [1.82, 2.24) is 78.7 Å². The number of fused-ring (bicyclic) bond motifs is 2. The third-order valence-corrected chi connectivity index (χ3v) is 20.2. The number of para-hydroxylation sites is 2. The van der Waals surface area contributed by atoms with Crippen molar-refractivity contribution in [3.63, 3.8) is 0 Å². The number of primary amides is 1. The number of rotatable bonds is 47. The lowest BCUT2D eigenvalue weighted by Crippen LogP contribution is -2.62. The minimum Gasteiger partial charge on any atom is -0.508 e. The molecule has 6 rings (SSSR count). The van der Waals surface area contributed by atoms with Gasteiger partial charge >= 0.3 is 5.97 Å². The molecule has 622 valence electrons. The van der Waals surface area contributed by atoms with E-state index in [1.165, 1.54) is 29.2 Å². The second kappa shape index (κ2) is 45.6. The fraction of sp³-hybridized carbons (Fsp3) is 0.507. The fourth-order valence-corrected chi connectivity index (χ4v) is 13.3. The molecule has 0 bridgehead atoms. The van der Waals surface area contributed by atoms with E-state index < -0.39 is 186 Å². The molecule has 13 amide bonds. The van der Waals surface area contributed by atoms with Crippen molar-refractivity contribution in [3.8, 4) is 5.75 Å². The number of guanidine groups is 1. The highest BCUT2D eigenvalue weighted by molar-refractivity contribution is 7.80. The molecule has 1 aliphatic heterocycles. The van der Waals surface area contributed by atoms with Gasteiger partial charge in [0, 0.05) is 84.5 Å². The molecule has 5 aromatic rings. The van der Waals surface area contributed by atoms with E-state index in [0.29, 0.717) is 51.3 Å². The third-order valence-electron chi connectivity index (χ3n) is 19.4. The fourth-order valence-electron chi connectivity index (χ4n) is 12.8. The van der Waals surface area contributed by atoms with Crippen LogP contribution in [0.15, 0.2) is 85.2 Å². The molecule has 37 nitrogen and oxygen atoms in total. The van der Waals surface area contributed by atoms with Crippen molar-refractivity contribution in [3.05, 3.63) is 102 Å². The Morgan fingerprint density at radius 2 is 1.06 bits per heavy atom. The molecule has 1 saturated heterocycles. The second-order valence-corrected chi connectivity index (χ2v) is 29.1. The van der Waals surface area contributed by atoms with Crippen LogP contribution in [0.1, 0.15) is 109 Å². The quantitative estimate of drug-likeness (QED) is 0.00797. The highest BCUT2D eigenvalue weighted by Crippen LogP contribution is 2.24. The number of carbonyl (C=O) groups excluding carboxylic acids is 13. The van der Waals surface area contributed by atoms with E-state index in [4.69, 9.17) is 28.3 Å². The van der Waals surface area contributed by atoms with Crippen molar-refractivity contribution in [2.24, 2.45) is 34.8 Å². The van der Waals surface area contributed by atoms with Crippen LogP contribution >= 0.6 is 25.3 Å². The van der Waals surface area contributed by atoms with E-state index in [2.05, 4.69) is 99.0 Å². The number of hydrogen-bond acceptors (Lipinski definition) is 21. The Labute approximate surface area is 669 Å². The molecule has 13 atom stereocenters. The number of aromatic hydroxyl groups is 1. The van der Waals surface area contributed by atoms with Crippen LogP contribution in [0.4, 0.5) is 0 Å². The lowest BCUT2D eigenvalue weighted by atomic mass is 9.96. The molecule has 0 saturated carbocycles. The number of H-pyrrole nitrogens is 2. The monoisotopic (exact) mass is 1620 g/mol. The number of aliphatic carboxylic acids is 1. The lowest BCUT2D eigenvalue weighted by Gasteiger charge is -2.31. The molecule has 39 heteroatoms. The minimum absolute atomic E-state index is 0.0159. The zero-order chi connectivity index (χ0) is 83.9. The molecule has 3 heterocycles. The van der Waals surface area contributed by atoms with Gasteiger partial charge in [-0.15, -0.1) is 0 Å². The summed E-state index contributed by atoms with van der Waals surface area (Å²) in [5, 5.41) is 70.2. The van der Waals surface area contributed by atoms with Gasteiger partial charge in [0.1, 0.15) is 72.2 Å². The maximum Gasteiger partial charge on any atom is 0.326 e. The summed E-state index contributed by atoms with van der Waals surface area (Å²) in [5.41, 5.74) is 25.5. The number of likely N-dealkylation sites (tertiary alicyclic amines) is 1. The summed E-state index contributed by atoms with van der Waals surface area (Å²) < 4.78 is 0. The van der Waals surface area contributed by atoms with Crippen molar-refractivity contribution < 1.29 is 82.4 Å². The average molecular weight is 1630 g/mol. The Balaban J connectivity index is 1.17. The number of nitrogens with zero attached hydrogens (tertiary/aromatic N) is 1. The van der Waals surface area contributed by atoms with Crippen molar-refractivity contribution in [2.75, 3.05) is 44.3 Å². The number of phenolic OH excluding ortho intramolecular Hbond substituents is 1. The van der Waals surface area contributed by atoms with Crippen LogP contribution in [0.25, 0.3) is 21.8 Å². The van der Waals surface area contributed by atoms with Gasteiger partial charge in [0.05, 0.1) is 19.2 Å². The molecule has 0 spiro atoms. The number of phenols is 1. The number of thiol groups is 2. The Morgan fingerprint density at radius 1 is 0.570 bits per heavy atom.